The maximum atomic E-state index is 5.75. The first kappa shape index (κ1) is 11.7. The fourth-order valence-corrected chi connectivity index (χ4v) is 1.32. The van der Waals surface area contributed by atoms with Gasteiger partial charge in [0, 0.05) is 18.7 Å². The van der Waals surface area contributed by atoms with Gasteiger partial charge < -0.3 is 15.8 Å². The van der Waals surface area contributed by atoms with Crippen molar-refractivity contribution >= 4 is 11.6 Å². The normalized spacial score (nSPS) is 12.5. The zero-order valence-corrected chi connectivity index (χ0v) is 9.66. The first-order valence-electron chi connectivity index (χ1n) is 4.90. The van der Waals surface area contributed by atoms with Gasteiger partial charge in [0.25, 0.3) is 0 Å². The van der Waals surface area contributed by atoms with Crippen molar-refractivity contribution in [3.8, 4) is 0 Å². The summed E-state index contributed by atoms with van der Waals surface area (Å²) in [6, 6.07) is 0.197. The Morgan fingerprint density at radius 3 is 2.67 bits per heavy atom. The summed E-state index contributed by atoms with van der Waals surface area (Å²) in [5.41, 5.74) is 6.63. The number of nitrogens with zero attached hydrogens (tertiary/aromatic N) is 2. The Balaban J connectivity index is 2.84. The molecule has 0 fully saturated rings. The Morgan fingerprint density at radius 1 is 1.40 bits per heavy atom. The highest BCUT2D eigenvalue weighted by Crippen LogP contribution is 2.17. The number of anilines is 2. The van der Waals surface area contributed by atoms with E-state index in [2.05, 4.69) is 15.3 Å². The second kappa shape index (κ2) is 4.93. The van der Waals surface area contributed by atoms with Gasteiger partial charge in [0.2, 0.25) is 0 Å². The Kier molecular flexibility index (Phi) is 3.85. The van der Waals surface area contributed by atoms with Crippen molar-refractivity contribution in [3.63, 3.8) is 0 Å². The topological polar surface area (TPSA) is 73.1 Å². The van der Waals surface area contributed by atoms with E-state index in [0.29, 0.717) is 18.2 Å². The summed E-state index contributed by atoms with van der Waals surface area (Å²) in [5, 5.41) is 3.24. The molecule has 0 bridgehead atoms. The average Bonchev–Trinajstić information content (AvgIpc) is 2.13. The molecule has 1 heterocycles. The highest BCUT2D eigenvalue weighted by molar-refractivity contribution is 5.55. The summed E-state index contributed by atoms with van der Waals surface area (Å²) in [7, 11) is 1.67. The van der Waals surface area contributed by atoms with Crippen LogP contribution in [0.3, 0.4) is 0 Å². The van der Waals surface area contributed by atoms with E-state index in [9.17, 15) is 0 Å². The van der Waals surface area contributed by atoms with Crippen LogP contribution in [0.2, 0.25) is 0 Å². The number of nitrogen functional groups attached to an aromatic ring is 1. The fourth-order valence-electron chi connectivity index (χ4n) is 1.32. The Labute approximate surface area is 90.1 Å². The Morgan fingerprint density at radius 2 is 2.07 bits per heavy atom. The van der Waals surface area contributed by atoms with E-state index in [1.807, 2.05) is 20.8 Å². The predicted molar refractivity (Wildman–Crippen MR) is 60.9 cm³/mol. The van der Waals surface area contributed by atoms with Crippen molar-refractivity contribution < 1.29 is 4.74 Å². The molecule has 0 aromatic carbocycles. The van der Waals surface area contributed by atoms with Crippen LogP contribution in [0.1, 0.15) is 18.3 Å². The van der Waals surface area contributed by atoms with Crippen LogP contribution < -0.4 is 11.1 Å². The zero-order chi connectivity index (χ0) is 11.4. The van der Waals surface area contributed by atoms with E-state index >= 15 is 0 Å². The number of ether oxygens (including phenoxy) is 1. The molecule has 3 N–H and O–H groups in total. The molecule has 5 heteroatoms. The van der Waals surface area contributed by atoms with Crippen LogP contribution in [0, 0.1) is 13.8 Å². The van der Waals surface area contributed by atoms with Gasteiger partial charge >= 0.3 is 0 Å². The number of rotatable bonds is 4. The van der Waals surface area contributed by atoms with Gasteiger partial charge in [-0.15, -0.1) is 0 Å². The lowest BCUT2D eigenvalue weighted by atomic mass is 10.2. The third-order valence-electron chi connectivity index (χ3n) is 2.10. The zero-order valence-electron chi connectivity index (χ0n) is 9.66. The molecule has 1 aromatic rings. The molecule has 0 amide bonds. The van der Waals surface area contributed by atoms with Crippen LogP contribution in [0.15, 0.2) is 0 Å². The van der Waals surface area contributed by atoms with Crippen LogP contribution in [-0.2, 0) is 4.74 Å². The van der Waals surface area contributed by atoms with Crippen LogP contribution in [0.4, 0.5) is 11.6 Å². The van der Waals surface area contributed by atoms with Crippen LogP contribution in [0.25, 0.3) is 0 Å². The quantitative estimate of drug-likeness (QED) is 0.779. The minimum absolute atomic E-state index is 0.197. The fraction of sp³-hybridized carbons (Fsp3) is 0.600. The predicted octanol–water partition coefficient (Wildman–Crippen LogP) is 1.12. The standard InChI is InChI=1S/C10H18N4O/c1-6(5-15-4)12-10-7(2)9(11)13-8(3)14-10/h6H,5H2,1-4H3,(H3,11,12,13,14). The molecule has 5 nitrogen and oxygen atoms in total. The molecule has 84 valence electrons. The van der Waals surface area contributed by atoms with Crippen molar-refractivity contribution in [1.29, 1.82) is 0 Å². The number of nitrogens with two attached hydrogens (primary N) is 1. The van der Waals surface area contributed by atoms with E-state index in [1.54, 1.807) is 7.11 Å². The molecule has 0 aliphatic rings. The number of hydrogen-bond acceptors (Lipinski definition) is 5. The molecule has 0 radical (unpaired) electrons. The summed E-state index contributed by atoms with van der Waals surface area (Å²) < 4.78 is 5.04. The van der Waals surface area contributed by atoms with Gasteiger partial charge in [-0.1, -0.05) is 0 Å². The lowest BCUT2D eigenvalue weighted by Crippen LogP contribution is -2.22. The monoisotopic (exact) mass is 210 g/mol. The van der Waals surface area contributed by atoms with E-state index < -0.39 is 0 Å². The second-order valence-corrected chi connectivity index (χ2v) is 3.63. The number of hydrogen-bond donors (Lipinski definition) is 2. The number of nitrogens with one attached hydrogen (secondary N) is 1. The number of aryl methyl sites for hydroxylation is 1. The smallest absolute Gasteiger partial charge is 0.135 e. The van der Waals surface area contributed by atoms with Crippen molar-refractivity contribution in [3.05, 3.63) is 11.4 Å². The van der Waals surface area contributed by atoms with Crippen LogP contribution >= 0.6 is 0 Å². The van der Waals surface area contributed by atoms with Gasteiger partial charge in [-0.05, 0) is 20.8 Å². The first-order chi connectivity index (χ1) is 7.04. The van der Waals surface area contributed by atoms with Gasteiger partial charge in [-0.2, -0.15) is 0 Å². The lowest BCUT2D eigenvalue weighted by molar-refractivity contribution is 0.190. The summed E-state index contributed by atoms with van der Waals surface area (Å²) in [6.07, 6.45) is 0. The Bertz CT molecular complexity index is 340. The summed E-state index contributed by atoms with van der Waals surface area (Å²) >= 11 is 0. The molecule has 0 spiro atoms. The van der Waals surface area contributed by atoms with Crippen molar-refractivity contribution in [2.24, 2.45) is 0 Å². The van der Waals surface area contributed by atoms with Crippen LogP contribution in [0.5, 0.6) is 0 Å². The largest absolute Gasteiger partial charge is 0.383 e. The molecule has 0 aliphatic carbocycles. The minimum atomic E-state index is 0.197. The average molecular weight is 210 g/mol. The van der Waals surface area contributed by atoms with Gasteiger partial charge in [-0.25, -0.2) is 9.97 Å². The van der Waals surface area contributed by atoms with Gasteiger partial charge in [0.05, 0.1) is 6.61 Å². The van der Waals surface area contributed by atoms with Crippen LogP contribution in [-0.4, -0.2) is 29.7 Å². The third kappa shape index (κ3) is 3.06. The molecule has 0 saturated heterocycles. The second-order valence-electron chi connectivity index (χ2n) is 3.63. The first-order valence-corrected chi connectivity index (χ1v) is 4.90. The highest BCUT2D eigenvalue weighted by Gasteiger charge is 2.09. The third-order valence-corrected chi connectivity index (χ3v) is 2.10. The maximum absolute atomic E-state index is 5.75. The number of methoxy groups -OCH3 is 1. The molecule has 15 heavy (non-hydrogen) atoms. The van der Waals surface area contributed by atoms with E-state index in [-0.39, 0.29) is 6.04 Å². The van der Waals surface area contributed by atoms with E-state index in [0.717, 1.165) is 11.4 Å². The molecular weight excluding hydrogens is 192 g/mol. The highest BCUT2D eigenvalue weighted by atomic mass is 16.5. The minimum Gasteiger partial charge on any atom is -0.383 e. The summed E-state index contributed by atoms with van der Waals surface area (Å²) in [4.78, 5) is 8.38. The molecule has 1 unspecified atom stereocenters. The molecular formula is C10H18N4O. The van der Waals surface area contributed by atoms with Gasteiger partial charge in [0.15, 0.2) is 0 Å². The summed E-state index contributed by atoms with van der Waals surface area (Å²) in [6.45, 7) is 6.37. The molecule has 1 atom stereocenters. The SMILES string of the molecule is COCC(C)Nc1nc(C)nc(N)c1C. The lowest BCUT2D eigenvalue weighted by Gasteiger charge is -2.16. The van der Waals surface area contributed by atoms with Crippen molar-refractivity contribution in [2.45, 2.75) is 26.8 Å². The Hall–Kier alpha value is -1.36. The molecule has 0 aliphatic heterocycles. The van der Waals surface area contributed by atoms with Gasteiger partial charge in [-0.3, -0.25) is 0 Å². The van der Waals surface area contributed by atoms with Crippen molar-refractivity contribution in [1.82, 2.24) is 9.97 Å². The molecule has 0 saturated carbocycles. The maximum Gasteiger partial charge on any atom is 0.135 e. The molecule has 1 aromatic heterocycles. The van der Waals surface area contributed by atoms with E-state index in [1.165, 1.54) is 0 Å². The summed E-state index contributed by atoms with van der Waals surface area (Å²) in [5.74, 6) is 1.98. The van der Waals surface area contributed by atoms with Crippen molar-refractivity contribution in [2.75, 3.05) is 24.8 Å². The molecule has 1 rings (SSSR count). The number of aromatic nitrogens is 2. The van der Waals surface area contributed by atoms with E-state index in [4.69, 9.17) is 10.5 Å². The van der Waals surface area contributed by atoms with Gasteiger partial charge in [0.1, 0.15) is 17.5 Å².